The third kappa shape index (κ3) is 3.94. The van der Waals surface area contributed by atoms with E-state index in [4.69, 9.17) is 0 Å². The zero-order valence-electron chi connectivity index (χ0n) is 20.1. The number of hydrogen-bond donors (Lipinski definition) is 4. The summed E-state index contributed by atoms with van der Waals surface area (Å²) in [6, 6.07) is 0. The van der Waals surface area contributed by atoms with Gasteiger partial charge in [0, 0.05) is 6.61 Å². The van der Waals surface area contributed by atoms with E-state index in [1.165, 1.54) is 12.0 Å². The van der Waals surface area contributed by atoms with Crippen molar-refractivity contribution in [2.45, 2.75) is 104 Å². The molecule has 0 aromatic heterocycles. The Morgan fingerprint density at radius 2 is 1.81 bits per heavy atom. The fourth-order valence-corrected chi connectivity index (χ4v) is 8.69. The summed E-state index contributed by atoms with van der Waals surface area (Å²) < 4.78 is 0. The van der Waals surface area contributed by atoms with Crippen LogP contribution in [0.5, 0.6) is 0 Å². The number of hydrogen-bond acceptors (Lipinski definition) is 4. The first kappa shape index (κ1) is 23.7. The number of rotatable bonds is 6. The van der Waals surface area contributed by atoms with Crippen LogP contribution in [0, 0.1) is 46.3 Å². The Kier molecular flexibility index (Phi) is 6.69. The maximum Gasteiger partial charge on any atom is 0.0580 e. The van der Waals surface area contributed by atoms with Crippen LogP contribution in [-0.4, -0.2) is 45.3 Å². The summed E-state index contributed by atoms with van der Waals surface area (Å²) in [5.41, 5.74) is 1.80. The van der Waals surface area contributed by atoms with E-state index in [0.29, 0.717) is 24.2 Å². The topological polar surface area (TPSA) is 80.9 Å². The monoisotopic (exact) mass is 434 g/mol. The van der Waals surface area contributed by atoms with Crippen molar-refractivity contribution in [3.8, 4) is 0 Å². The minimum absolute atomic E-state index is 0.0718. The molecule has 0 heterocycles. The first-order valence-electron chi connectivity index (χ1n) is 13.0. The molecule has 0 bridgehead atoms. The number of aliphatic hydroxyl groups is 4. The second-order valence-corrected chi connectivity index (χ2v) is 12.3. The average molecular weight is 435 g/mol. The molecule has 0 aliphatic heterocycles. The minimum atomic E-state index is -0.419. The lowest BCUT2D eigenvalue weighted by Crippen LogP contribution is -2.51. The second kappa shape index (κ2) is 8.74. The van der Waals surface area contributed by atoms with Crippen molar-refractivity contribution in [3.63, 3.8) is 0 Å². The third-order valence-corrected chi connectivity index (χ3v) is 10.6. The van der Waals surface area contributed by atoms with Gasteiger partial charge in [0.1, 0.15) is 0 Å². The molecule has 0 aromatic carbocycles. The molecule has 3 saturated carbocycles. The molecule has 31 heavy (non-hydrogen) atoms. The van der Waals surface area contributed by atoms with Gasteiger partial charge in [-0.2, -0.15) is 0 Å². The molecule has 4 N–H and O–H groups in total. The smallest absolute Gasteiger partial charge is 0.0580 e. The van der Waals surface area contributed by atoms with Crippen molar-refractivity contribution >= 4 is 0 Å². The molecule has 4 heteroatoms. The van der Waals surface area contributed by atoms with Crippen LogP contribution in [-0.2, 0) is 0 Å². The summed E-state index contributed by atoms with van der Waals surface area (Å²) >= 11 is 0. The van der Waals surface area contributed by atoms with Gasteiger partial charge in [-0.1, -0.05) is 39.3 Å². The molecule has 4 aliphatic carbocycles. The van der Waals surface area contributed by atoms with Gasteiger partial charge in [0.25, 0.3) is 0 Å². The summed E-state index contributed by atoms with van der Waals surface area (Å²) in [6.07, 6.45) is 10.2. The van der Waals surface area contributed by atoms with E-state index in [2.05, 4.69) is 26.8 Å². The van der Waals surface area contributed by atoms with Crippen molar-refractivity contribution in [1.82, 2.24) is 0 Å². The van der Waals surface area contributed by atoms with E-state index in [1.54, 1.807) is 0 Å². The first-order chi connectivity index (χ1) is 14.6. The summed E-state index contributed by atoms with van der Waals surface area (Å²) in [4.78, 5) is 0. The van der Waals surface area contributed by atoms with Crippen molar-refractivity contribution in [2.24, 2.45) is 46.3 Å². The molecule has 3 fully saturated rings. The predicted molar refractivity (Wildman–Crippen MR) is 123 cm³/mol. The normalized spacial score (nSPS) is 47.5. The molecule has 0 amide bonds. The molecule has 0 saturated heterocycles. The van der Waals surface area contributed by atoms with Crippen LogP contribution in [0.15, 0.2) is 11.6 Å². The van der Waals surface area contributed by atoms with E-state index >= 15 is 0 Å². The van der Waals surface area contributed by atoms with Crippen molar-refractivity contribution in [1.29, 1.82) is 0 Å². The van der Waals surface area contributed by atoms with Gasteiger partial charge in [-0.15, -0.1) is 0 Å². The molecule has 2 unspecified atom stereocenters. The fourth-order valence-electron chi connectivity index (χ4n) is 8.69. The molecule has 4 aliphatic rings. The quantitative estimate of drug-likeness (QED) is 0.470. The standard InChI is InChI=1S/C27H46O4/c1-16(15-28)5-8-23(30)17(2)25-24(31)14-22-20-7-6-18-13-19(29)9-11-26(18,3)21(20)10-12-27(22,25)4/h6,16-17,19-25,28-31H,5,7-15H2,1-4H3/t16?,17-,19+,20-,21+,22+,23?,24-,25+,26+,27+/m1/s1. The van der Waals surface area contributed by atoms with Gasteiger partial charge >= 0.3 is 0 Å². The lowest BCUT2D eigenvalue weighted by molar-refractivity contribution is -0.0770. The van der Waals surface area contributed by atoms with Crippen LogP contribution >= 0.6 is 0 Å². The molecular formula is C27H46O4. The molecule has 4 nitrogen and oxygen atoms in total. The Bertz CT molecular complexity index is 676. The second-order valence-electron chi connectivity index (χ2n) is 12.3. The Balaban J connectivity index is 1.53. The van der Waals surface area contributed by atoms with E-state index < -0.39 is 6.10 Å². The molecule has 0 aromatic rings. The van der Waals surface area contributed by atoms with E-state index in [-0.39, 0.29) is 47.4 Å². The van der Waals surface area contributed by atoms with Gasteiger partial charge in [0.05, 0.1) is 18.3 Å². The van der Waals surface area contributed by atoms with Crippen LogP contribution in [0.2, 0.25) is 0 Å². The highest BCUT2D eigenvalue weighted by atomic mass is 16.3. The van der Waals surface area contributed by atoms with Crippen molar-refractivity contribution in [2.75, 3.05) is 6.61 Å². The summed E-state index contributed by atoms with van der Waals surface area (Å²) in [5.74, 6) is 2.22. The van der Waals surface area contributed by atoms with Gasteiger partial charge < -0.3 is 20.4 Å². The molecule has 11 atom stereocenters. The molecule has 4 rings (SSSR count). The fraction of sp³-hybridized carbons (Fsp3) is 0.926. The number of allylic oxidation sites excluding steroid dienone is 1. The Morgan fingerprint density at radius 3 is 2.52 bits per heavy atom. The van der Waals surface area contributed by atoms with Crippen LogP contribution in [0.4, 0.5) is 0 Å². The summed E-state index contributed by atoms with van der Waals surface area (Å²) in [5, 5.41) is 41.8. The Labute approximate surface area is 189 Å². The van der Waals surface area contributed by atoms with E-state index in [9.17, 15) is 20.4 Å². The maximum atomic E-state index is 11.2. The van der Waals surface area contributed by atoms with Gasteiger partial charge in [-0.25, -0.2) is 0 Å². The minimum Gasteiger partial charge on any atom is -0.396 e. The molecule has 178 valence electrons. The molecule has 0 radical (unpaired) electrons. The summed E-state index contributed by atoms with van der Waals surface area (Å²) in [6.45, 7) is 9.18. The van der Waals surface area contributed by atoms with Gasteiger partial charge in [-0.05, 0) is 104 Å². The van der Waals surface area contributed by atoms with Crippen LogP contribution in [0.3, 0.4) is 0 Å². The first-order valence-corrected chi connectivity index (χ1v) is 13.0. The summed E-state index contributed by atoms with van der Waals surface area (Å²) in [7, 11) is 0. The molecular weight excluding hydrogens is 388 g/mol. The largest absolute Gasteiger partial charge is 0.396 e. The van der Waals surface area contributed by atoms with Crippen LogP contribution < -0.4 is 0 Å². The highest BCUT2D eigenvalue weighted by Crippen LogP contribution is 2.67. The van der Waals surface area contributed by atoms with Gasteiger partial charge in [0.2, 0.25) is 0 Å². The highest BCUT2D eigenvalue weighted by molar-refractivity contribution is 5.25. The SMILES string of the molecule is CC(CO)CCC(O)[C@@H](C)[C@H]1[C@H](O)C[C@H]2[C@@H]3CC=C4C[C@@H](O)CC[C@]4(C)[C@H]3CC[C@]12C. The van der Waals surface area contributed by atoms with E-state index in [0.717, 1.165) is 44.9 Å². The van der Waals surface area contributed by atoms with E-state index in [1.807, 2.05) is 6.92 Å². The lowest BCUT2D eigenvalue weighted by atomic mass is 9.47. The van der Waals surface area contributed by atoms with Gasteiger partial charge in [-0.3, -0.25) is 0 Å². The average Bonchev–Trinajstić information content (AvgIpc) is 3.01. The number of fused-ring (bicyclic) bond motifs is 5. The lowest BCUT2D eigenvalue weighted by Gasteiger charge is -2.58. The predicted octanol–water partition coefficient (Wildman–Crippen LogP) is 4.30. The highest BCUT2D eigenvalue weighted by Gasteiger charge is 2.62. The van der Waals surface area contributed by atoms with Gasteiger partial charge in [0.15, 0.2) is 0 Å². The Hall–Kier alpha value is -0.420. The maximum absolute atomic E-state index is 11.2. The third-order valence-electron chi connectivity index (χ3n) is 10.6. The Morgan fingerprint density at radius 1 is 1.06 bits per heavy atom. The van der Waals surface area contributed by atoms with Crippen LogP contribution in [0.1, 0.15) is 85.5 Å². The number of aliphatic hydroxyl groups excluding tert-OH is 4. The zero-order valence-corrected chi connectivity index (χ0v) is 20.1. The molecule has 0 spiro atoms. The van der Waals surface area contributed by atoms with Crippen LogP contribution in [0.25, 0.3) is 0 Å². The van der Waals surface area contributed by atoms with Crippen molar-refractivity contribution < 1.29 is 20.4 Å². The zero-order chi connectivity index (χ0) is 22.6. The van der Waals surface area contributed by atoms with Crippen molar-refractivity contribution in [3.05, 3.63) is 11.6 Å².